The van der Waals surface area contributed by atoms with Crippen molar-refractivity contribution >= 4 is 17.5 Å². The van der Waals surface area contributed by atoms with E-state index in [0.717, 1.165) is 29.7 Å². The zero-order valence-electron chi connectivity index (χ0n) is 19.5. The number of hydroxylamine groups is 1. The molecule has 1 aliphatic carbocycles. The molecule has 0 heterocycles. The maximum atomic E-state index is 13.7. The van der Waals surface area contributed by atoms with Crippen LogP contribution in [0.3, 0.4) is 0 Å². The Kier molecular flexibility index (Phi) is 6.28. The second-order valence-electron chi connectivity index (χ2n) is 10.6. The Morgan fingerprint density at radius 2 is 1.42 bits per heavy atom. The minimum Gasteiger partial charge on any atom is -0.308 e. The summed E-state index contributed by atoms with van der Waals surface area (Å²) in [6.07, 6.45) is 2.26. The molecule has 0 unspecified atom stereocenters. The van der Waals surface area contributed by atoms with Gasteiger partial charge in [0.25, 0.3) is 11.8 Å². The number of nitrogens with one attached hydrogen (secondary N) is 1. The van der Waals surface area contributed by atoms with E-state index in [4.69, 9.17) is 5.21 Å². The molecule has 1 fully saturated rings. The molecule has 5 heteroatoms. The number of hydrogen-bond acceptors (Lipinski definition) is 3. The zero-order valence-corrected chi connectivity index (χ0v) is 19.5. The predicted molar refractivity (Wildman–Crippen MR) is 124 cm³/mol. The average Bonchev–Trinajstić information content (AvgIpc) is 3.53. The first-order valence-corrected chi connectivity index (χ1v) is 10.9. The summed E-state index contributed by atoms with van der Waals surface area (Å²) in [7, 11) is 0. The molecule has 0 radical (unpaired) electrons. The van der Waals surface area contributed by atoms with E-state index in [1.165, 1.54) is 0 Å². The lowest BCUT2D eigenvalue weighted by Gasteiger charge is -2.28. The van der Waals surface area contributed by atoms with E-state index >= 15 is 0 Å². The highest BCUT2D eigenvalue weighted by Gasteiger charge is 2.30. The number of nitrogens with zero attached hydrogens (tertiary/aromatic N) is 1. The highest BCUT2D eigenvalue weighted by atomic mass is 16.5. The summed E-state index contributed by atoms with van der Waals surface area (Å²) in [6, 6.07) is 13.0. The van der Waals surface area contributed by atoms with Gasteiger partial charge in [-0.25, -0.2) is 5.48 Å². The fourth-order valence-corrected chi connectivity index (χ4v) is 3.49. The molecular formula is C26H34N2O3. The molecule has 0 atom stereocenters. The summed E-state index contributed by atoms with van der Waals surface area (Å²) in [5.74, 6) is -0.0839. The van der Waals surface area contributed by atoms with Crippen LogP contribution in [0.15, 0.2) is 42.5 Å². The van der Waals surface area contributed by atoms with Gasteiger partial charge in [-0.3, -0.25) is 14.8 Å². The van der Waals surface area contributed by atoms with Crippen LogP contribution in [0.4, 0.5) is 5.69 Å². The molecule has 1 saturated carbocycles. The average molecular weight is 423 g/mol. The molecule has 2 N–H and O–H groups in total. The number of rotatable bonds is 5. The third-order valence-corrected chi connectivity index (χ3v) is 5.84. The van der Waals surface area contributed by atoms with Gasteiger partial charge in [0.15, 0.2) is 0 Å². The Morgan fingerprint density at radius 1 is 0.903 bits per heavy atom. The van der Waals surface area contributed by atoms with E-state index in [0.29, 0.717) is 23.6 Å². The first kappa shape index (κ1) is 23.0. The first-order chi connectivity index (χ1) is 14.4. The molecule has 0 bridgehead atoms. The molecule has 2 aromatic rings. The van der Waals surface area contributed by atoms with Crippen LogP contribution in [-0.4, -0.2) is 23.6 Å². The van der Waals surface area contributed by atoms with Gasteiger partial charge in [-0.05, 0) is 77.1 Å². The van der Waals surface area contributed by atoms with E-state index in [2.05, 4.69) is 47.6 Å². The quantitative estimate of drug-likeness (QED) is 0.497. The number of amides is 2. The summed E-state index contributed by atoms with van der Waals surface area (Å²) < 4.78 is 0. The van der Waals surface area contributed by atoms with E-state index < -0.39 is 5.91 Å². The molecule has 0 spiro atoms. The van der Waals surface area contributed by atoms with Crippen molar-refractivity contribution in [2.24, 2.45) is 5.92 Å². The number of anilines is 1. The van der Waals surface area contributed by atoms with Crippen LogP contribution in [-0.2, 0) is 10.8 Å². The van der Waals surface area contributed by atoms with Crippen LogP contribution in [0.25, 0.3) is 0 Å². The highest BCUT2D eigenvalue weighted by molar-refractivity contribution is 6.06. The Balaban J connectivity index is 2.02. The highest BCUT2D eigenvalue weighted by Crippen LogP contribution is 2.34. The van der Waals surface area contributed by atoms with Gasteiger partial charge in [-0.1, -0.05) is 47.6 Å². The molecule has 166 valence electrons. The van der Waals surface area contributed by atoms with Gasteiger partial charge in [0, 0.05) is 23.4 Å². The summed E-state index contributed by atoms with van der Waals surface area (Å²) in [5, 5.41) is 8.85. The van der Waals surface area contributed by atoms with Crippen molar-refractivity contribution in [2.75, 3.05) is 11.4 Å². The maximum Gasteiger partial charge on any atom is 0.274 e. The zero-order chi connectivity index (χ0) is 23.0. The first-order valence-electron chi connectivity index (χ1n) is 10.9. The Hall–Kier alpha value is -2.66. The summed E-state index contributed by atoms with van der Waals surface area (Å²) >= 11 is 0. The maximum absolute atomic E-state index is 13.7. The summed E-state index contributed by atoms with van der Waals surface area (Å²) in [4.78, 5) is 27.2. The second kappa shape index (κ2) is 8.46. The molecular weight excluding hydrogens is 388 g/mol. The van der Waals surface area contributed by atoms with Gasteiger partial charge in [0.2, 0.25) is 0 Å². The van der Waals surface area contributed by atoms with Crippen molar-refractivity contribution in [3.63, 3.8) is 0 Å². The lowest BCUT2D eigenvalue weighted by molar-refractivity contribution is 0.0706. The molecule has 1 aliphatic rings. The van der Waals surface area contributed by atoms with Gasteiger partial charge < -0.3 is 4.90 Å². The number of carbonyl (C=O) groups is 2. The molecule has 0 aliphatic heterocycles. The molecule has 0 saturated heterocycles. The van der Waals surface area contributed by atoms with Crippen molar-refractivity contribution in [1.29, 1.82) is 0 Å². The van der Waals surface area contributed by atoms with Crippen LogP contribution in [0.5, 0.6) is 0 Å². The van der Waals surface area contributed by atoms with Gasteiger partial charge >= 0.3 is 0 Å². The van der Waals surface area contributed by atoms with E-state index in [-0.39, 0.29) is 16.7 Å². The minimum atomic E-state index is -0.570. The van der Waals surface area contributed by atoms with Crippen LogP contribution >= 0.6 is 0 Å². The number of hydrogen-bond donors (Lipinski definition) is 2. The van der Waals surface area contributed by atoms with Gasteiger partial charge in [-0.15, -0.1) is 0 Å². The SMILES string of the molecule is CC(C)(C)c1cc(C(=O)N(CC2CC2)c2ccc(C(=O)NO)cc2)cc(C(C)(C)C)c1. The molecule has 2 aromatic carbocycles. The lowest BCUT2D eigenvalue weighted by atomic mass is 9.79. The molecule has 31 heavy (non-hydrogen) atoms. The van der Waals surface area contributed by atoms with E-state index in [1.807, 2.05) is 17.0 Å². The monoisotopic (exact) mass is 422 g/mol. The van der Waals surface area contributed by atoms with Crippen molar-refractivity contribution in [2.45, 2.75) is 65.2 Å². The lowest BCUT2D eigenvalue weighted by Crippen LogP contribution is -2.33. The fourth-order valence-electron chi connectivity index (χ4n) is 3.49. The smallest absolute Gasteiger partial charge is 0.274 e. The molecule has 5 nitrogen and oxygen atoms in total. The Labute approximate surface area is 185 Å². The number of carbonyl (C=O) groups excluding carboxylic acids is 2. The van der Waals surface area contributed by atoms with Crippen LogP contribution in [0, 0.1) is 5.92 Å². The third kappa shape index (κ3) is 5.53. The van der Waals surface area contributed by atoms with Crippen molar-refractivity contribution in [1.82, 2.24) is 5.48 Å². The normalized spacial score (nSPS) is 14.3. The van der Waals surface area contributed by atoms with E-state index in [9.17, 15) is 9.59 Å². The van der Waals surface area contributed by atoms with Gasteiger partial charge in [0.05, 0.1) is 0 Å². The summed E-state index contributed by atoms with van der Waals surface area (Å²) in [6.45, 7) is 13.6. The predicted octanol–water partition coefficient (Wildman–Crippen LogP) is 5.46. The molecule has 2 amide bonds. The molecule has 3 rings (SSSR count). The summed E-state index contributed by atoms with van der Waals surface area (Å²) in [5.41, 5.74) is 5.57. The Morgan fingerprint density at radius 3 is 1.84 bits per heavy atom. The van der Waals surface area contributed by atoms with Gasteiger partial charge in [-0.2, -0.15) is 0 Å². The standard InChI is InChI=1S/C26H34N2O3/c1-25(2,3)20-13-19(14-21(15-20)26(4,5)6)24(30)28(16-17-7-8-17)22-11-9-18(10-12-22)23(29)27-31/h9-15,17,31H,7-8,16H2,1-6H3,(H,27,29). The number of benzene rings is 2. The van der Waals surface area contributed by atoms with Crippen molar-refractivity contribution in [3.8, 4) is 0 Å². The van der Waals surface area contributed by atoms with Gasteiger partial charge in [0.1, 0.15) is 0 Å². The van der Waals surface area contributed by atoms with Crippen LogP contribution in [0.2, 0.25) is 0 Å². The van der Waals surface area contributed by atoms with E-state index in [1.54, 1.807) is 29.7 Å². The Bertz CT molecular complexity index is 929. The fraction of sp³-hybridized carbons (Fsp3) is 0.462. The molecule has 0 aromatic heterocycles. The largest absolute Gasteiger partial charge is 0.308 e. The third-order valence-electron chi connectivity index (χ3n) is 5.84. The van der Waals surface area contributed by atoms with Crippen LogP contribution in [0.1, 0.15) is 86.2 Å². The van der Waals surface area contributed by atoms with Crippen LogP contribution < -0.4 is 10.4 Å². The topological polar surface area (TPSA) is 69.6 Å². The second-order valence-corrected chi connectivity index (χ2v) is 10.6. The minimum absolute atomic E-state index is 0.0251. The van der Waals surface area contributed by atoms with Crippen molar-refractivity contribution in [3.05, 3.63) is 64.7 Å². The van der Waals surface area contributed by atoms with Crippen molar-refractivity contribution < 1.29 is 14.8 Å².